The molecule has 0 aliphatic rings. The SMILES string of the molecule is N#CCSc1nccn1CCc1ccccc1F. The van der Waals surface area contributed by atoms with Gasteiger partial charge in [0.05, 0.1) is 11.8 Å². The predicted octanol–water partition coefficient (Wildman–Crippen LogP) is 2.88. The quantitative estimate of drug-likeness (QED) is 0.777. The zero-order valence-corrected chi connectivity index (χ0v) is 10.5. The number of imidazole rings is 1. The van der Waals surface area contributed by atoms with Gasteiger partial charge in [0.2, 0.25) is 0 Å². The molecule has 0 aliphatic heterocycles. The van der Waals surface area contributed by atoms with E-state index in [0.717, 1.165) is 5.16 Å². The van der Waals surface area contributed by atoms with Gasteiger partial charge < -0.3 is 4.57 Å². The van der Waals surface area contributed by atoms with Gasteiger partial charge in [0, 0.05) is 18.9 Å². The summed E-state index contributed by atoms with van der Waals surface area (Å²) < 4.78 is 15.4. The van der Waals surface area contributed by atoms with Crippen molar-refractivity contribution in [3.05, 3.63) is 48.0 Å². The number of aryl methyl sites for hydroxylation is 2. The van der Waals surface area contributed by atoms with E-state index in [1.54, 1.807) is 18.3 Å². The molecule has 0 aliphatic carbocycles. The number of halogens is 1. The number of nitrogens with zero attached hydrogens (tertiary/aromatic N) is 3. The molecule has 0 bridgehead atoms. The van der Waals surface area contributed by atoms with Crippen molar-refractivity contribution in [3.63, 3.8) is 0 Å². The lowest BCUT2D eigenvalue weighted by atomic mass is 10.1. The summed E-state index contributed by atoms with van der Waals surface area (Å²) in [6.45, 7) is 0.661. The number of rotatable bonds is 5. The Labute approximate surface area is 109 Å². The fourth-order valence-corrected chi connectivity index (χ4v) is 2.29. The van der Waals surface area contributed by atoms with E-state index in [-0.39, 0.29) is 5.82 Å². The second-order valence-electron chi connectivity index (χ2n) is 3.69. The largest absolute Gasteiger partial charge is 0.326 e. The Morgan fingerprint density at radius 2 is 2.22 bits per heavy atom. The molecule has 0 saturated carbocycles. The van der Waals surface area contributed by atoms with E-state index in [4.69, 9.17) is 5.26 Å². The first kappa shape index (κ1) is 12.7. The molecule has 18 heavy (non-hydrogen) atoms. The van der Waals surface area contributed by atoms with Crippen LogP contribution in [0.1, 0.15) is 5.56 Å². The summed E-state index contributed by atoms with van der Waals surface area (Å²) >= 11 is 1.39. The first-order valence-corrected chi connectivity index (χ1v) is 6.54. The normalized spacial score (nSPS) is 10.2. The third-order valence-electron chi connectivity index (χ3n) is 2.52. The van der Waals surface area contributed by atoms with Crippen molar-refractivity contribution in [2.24, 2.45) is 0 Å². The Morgan fingerprint density at radius 1 is 1.39 bits per heavy atom. The van der Waals surface area contributed by atoms with Crippen molar-refractivity contribution in [1.29, 1.82) is 5.26 Å². The highest BCUT2D eigenvalue weighted by molar-refractivity contribution is 7.99. The Kier molecular flexibility index (Phi) is 4.37. The van der Waals surface area contributed by atoms with Crippen LogP contribution in [-0.4, -0.2) is 15.3 Å². The molecule has 0 radical (unpaired) electrons. The molecule has 0 spiro atoms. The number of thioether (sulfide) groups is 1. The minimum absolute atomic E-state index is 0.177. The van der Waals surface area contributed by atoms with E-state index in [9.17, 15) is 4.39 Å². The summed E-state index contributed by atoms with van der Waals surface area (Å²) in [5, 5.41) is 9.34. The fourth-order valence-electron chi connectivity index (χ4n) is 1.64. The summed E-state index contributed by atoms with van der Waals surface area (Å²) in [6.07, 6.45) is 4.16. The summed E-state index contributed by atoms with van der Waals surface area (Å²) in [5.41, 5.74) is 0.697. The van der Waals surface area contributed by atoms with Crippen LogP contribution in [0, 0.1) is 17.1 Å². The molecule has 0 amide bonds. The average molecular weight is 261 g/mol. The maximum Gasteiger partial charge on any atom is 0.168 e. The van der Waals surface area contributed by atoms with Crippen LogP contribution in [0.25, 0.3) is 0 Å². The first-order valence-electron chi connectivity index (χ1n) is 5.55. The van der Waals surface area contributed by atoms with Gasteiger partial charge in [-0.25, -0.2) is 9.37 Å². The monoisotopic (exact) mass is 261 g/mol. The maximum atomic E-state index is 13.4. The third-order valence-corrected chi connectivity index (χ3v) is 3.39. The van der Waals surface area contributed by atoms with E-state index < -0.39 is 0 Å². The van der Waals surface area contributed by atoms with Crippen LogP contribution in [0.5, 0.6) is 0 Å². The van der Waals surface area contributed by atoms with Gasteiger partial charge >= 0.3 is 0 Å². The van der Waals surface area contributed by atoms with Crippen molar-refractivity contribution in [2.45, 2.75) is 18.1 Å². The Bertz CT molecular complexity index is 559. The molecule has 1 aromatic heterocycles. The maximum absolute atomic E-state index is 13.4. The minimum Gasteiger partial charge on any atom is -0.326 e. The molecule has 0 atom stereocenters. The molecule has 0 N–H and O–H groups in total. The van der Waals surface area contributed by atoms with Crippen LogP contribution in [0.15, 0.2) is 41.8 Å². The van der Waals surface area contributed by atoms with Crippen LogP contribution < -0.4 is 0 Å². The van der Waals surface area contributed by atoms with Crippen molar-refractivity contribution >= 4 is 11.8 Å². The smallest absolute Gasteiger partial charge is 0.168 e. The van der Waals surface area contributed by atoms with Gasteiger partial charge in [-0.3, -0.25) is 0 Å². The van der Waals surface area contributed by atoms with E-state index in [0.29, 0.717) is 24.3 Å². The highest BCUT2D eigenvalue weighted by atomic mass is 32.2. The van der Waals surface area contributed by atoms with Gasteiger partial charge in [-0.15, -0.1) is 0 Å². The number of hydrogen-bond acceptors (Lipinski definition) is 3. The molecule has 2 aromatic rings. The number of hydrogen-bond donors (Lipinski definition) is 0. The highest BCUT2D eigenvalue weighted by Gasteiger charge is 2.05. The van der Waals surface area contributed by atoms with E-state index in [1.807, 2.05) is 16.8 Å². The van der Waals surface area contributed by atoms with Crippen LogP contribution in [-0.2, 0) is 13.0 Å². The molecule has 2 rings (SSSR count). The summed E-state index contributed by atoms with van der Waals surface area (Å²) in [4.78, 5) is 4.17. The molecular weight excluding hydrogens is 249 g/mol. The van der Waals surface area contributed by atoms with Gasteiger partial charge in [0.25, 0.3) is 0 Å². The summed E-state index contributed by atoms with van der Waals surface area (Å²) in [5.74, 6) is 0.195. The first-order chi connectivity index (χ1) is 8.81. The second kappa shape index (κ2) is 6.22. The molecular formula is C13H12FN3S. The topological polar surface area (TPSA) is 41.6 Å². The predicted molar refractivity (Wildman–Crippen MR) is 68.7 cm³/mol. The molecule has 1 aromatic carbocycles. The van der Waals surface area contributed by atoms with Gasteiger partial charge in [-0.05, 0) is 18.1 Å². The van der Waals surface area contributed by atoms with Gasteiger partial charge in [-0.2, -0.15) is 5.26 Å². The van der Waals surface area contributed by atoms with Crippen molar-refractivity contribution < 1.29 is 4.39 Å². The van der Waals surface area contributed by atoms with Crippen LogP contribution in [0.3, 0.4) is 0 Å². The lowest BCUT2D eigenvalue weighted by Crippen LogP contribution is -2.03. The Morgan fingerprint density at radius 3 is 3.00 bits per heavy atom. The van der Waals surface area contributed by atoms with E-state index >= 15 is 0 Å². The van der Waals surface area contributed by atoms with E-state index in [2.05, 4.69) is 11.1 Å². The molecule has 1 heterocycles. The van der Waals surface area contributed by atoms with Crippen LogP contribution in [0.2, 0.25) is 0 Å². The van der Waals surface area contributed by atoms with Gasteiger partial charge in [-0.1, -0.05) is 30.0 Å². The zero-order valence-electron chi connectivity index (χ0n) is 9.71. The number of benzene rings is 1. The molecule has 3 nitrogen and oxygen atoms in total. The Balaban J connectivity index is 2.01. The summed E-state index contributed by atoms with van der Waals surface area (Å²) in [6, 6.07) is 8.83. The zero-order chi connectivity index (χ0) is 12.8. The standard InChI is InChI=1S/C13H12FN3S/c14-12-4-2-1-3-11(12)5-8-17-9-7-16-13(17)18-10-6-15/h1-4,7,9H,5,8,10H2. The lowest BCUT2D eigenvalue weighted by molar-refractivity contribution is 0.580. The van der Waals surface area contributed by atoms with Crippen LogP contribution in [0.4, 0.5) is 4.39 Å². The van der Waals surface area contributed by atoms with Gasteiger partial charge in [0.15, 0.2) is 5.16 Å². The Hall–Kier alpha value is -1.80. The minimum atomic E-state index is -0.177. The molecule has 0 fully saturated rings. The fraction of sp³-hybridized carbons (Fsp3) is 0.231. The lowest BCUT2D eigenvalue weighted by Gasteiger charge is -2.07. The third kappa shape index (κ3) is 3.11. The average Bonchev–Trinajstić information content (AvgIpc) is 2.83. The number of nitriles is 1. The molecule has 0 saturated heterocycles. The van der Waals surface area contributed by atoms with Gasteiger partial charge in [0.1, 0.15) is 5.82 Å². The van der Waals surface area contributed by atoms with Crippen molar-refractivity contribution in [3.8, 4) is 6.07 Å². The molecule has 5 heteroatoms. The van der Waals surface area contributed by atoms with Crippen LogP contribution >= 0.6 is 11.8 Å². The molecule has 92 valence electrons. The van der Waals surface area contributed by atoms with Crippen molar-refractivity contribution in [1.82, 2.24) is 9.55 Å². The van der Waals surface area contributed by atoms with Crippen molar-refractivity contribution in [2.75, 3.05) is 5.75 Å². The van der Waals surface area contributed by atoms with E-state index in [1.165, 1.54) is 17.8 Å². The summed E-state index contributed by atoms with van der Waals surface area (Å²) in [7, 11) is 0. The molecule has 0 unspecified atom stereocenters. The second-order valence-corrected chi connectivity index (χ2v) is 4.63. The highest BCUT2D eigenvalue weighted by Crippen LogP contribution is 2.16. The number of aromatic nitrogens is 2.